The van der Waals surface area contributed by atoms with Crippen LogP contribution in [0.2, 0.25) is 0 Å². The molecule has 34 heavy (non-hydrogen) atoms. The van der Waals surface area contributed by atoms with Gasteiger partial charge in [-0.15, -0.1) is 0 Å². The Bertz CT molecular complexity index is 827. The first-order valence-electron chi connectivity index (χ1n) is 11.6. The number of hydrogen-bond acceptors (Lipinski definition) is 9. The highest BCUT2D eigenvalue weighted by atomic mass is 16.5. The van der Waals surface area contributed by atoms with E-state index in [0.29, 0.717) is 13.0 Å². The number of carbonyl (C=O) groups is 4. The van der Waals surface area contributed by atoms with Crippen LogP contribution in [0.25, 0.3) is 0 Å². The summed E-state index contributed by atoms with van der Waals surface area (Å²) in [6.45, 7) is 0.616. The zero-order valence-electron chi connectivity index (χ0n) is 19.4. The van der Waals surface area contributed by atoms with Gasteiger partial charge in [0.25, 0.3) is 0 Å². The summed E-state index contributed by atoms with van der Waals surface area (Å²) in [4.78, 5) is 56.4. The summed E-state index contributed by atoms with van der Waals surface area (Å²) in [7, 11) is 3.19. The predicted molar refractivity (Wildman–Crippen MR) is 115 cm³/mol. The maximum absolute atomic E-state index is 13.3. The van der Waals surface area contributed by atoms with Gasteiger partial charge in [-0.25, -0.2) is 0 Å². The molecule has 0 spiro atoms. The molecule has 0 saturated carbocycles. The fourth-order valence-corrected chi connectivity index (χ4v) is 5.27. The second kappa shape index (κ2) is 10.1. The lowest BCUT2D eigenvalue weighted by molar-refractivity contribution is -0.152. The molecule has 4 aliphatic rings. The van der Waals surface area contributed by atoms with Crippen LogP contribution in [-0.4, -0.2) is 145 Å². The molecule has 4 rings (SSSR count). The maximum atomic E-state index is 13.3. The molecular weight excluding hydrogens is 450 g/mol. The Labute approximate surface area is 197 Å². The zero-order valence-corrected chi connectivity index (χ0v) is 19.4. The van der Waals surface area contributed by atoms with Gasteiger partial charge in [-0.2, -0.15) is 0 Å². The summed E-state index contributed by atoms with van der Waals surface area (Å²) in [5.74, 6) is -1.36. The van der Waals surface area contributed by atoms with E-state index in [2.05, 4.69) is 10.6 Å². The highest BCUT2D eigenvalue weighted by Gasteiger charge is 2.46. The van der Waals surface area contributed by atoms with Crippen LogP contribution < -0.4 is 10.6 Å². The number of ether oxygens (including phenoxy) is 2. The minimum Gasteiger partial charge on any atom is -0.388 e. The monoisotopic (exact) mass is 483 g/mol. The van der Waals surface area contributed by atoms with Crippen molar-refractivity contribution in [2.45, 2.75) is 55.4 Å². The van der Waals surface area contributed by atoms with Gasteiger partial charge >= 0.3 is 0 Å². The van der Waals surface area contributed by atoms with Crippen molar-refractivity contribution in [2.75, 3.05) is 53.5 Å². The first kappa shape index (κ1) is 24.8. The van der Waals surface area contributed by atoms with Crippen molar-refractivity contribution < 1.29 is 38.9 Å². The van der Waals surface area contributed by atoms with Crippen LogP contribution in [0.1, 0.15) is 12.8 Å². The van der Waals surface area contributed by atoms with Gasteiger partial charge in [-0.1, -0.05) is 0 Å². The van der Waals surface area contributed by atoms with Gasteiger partial charge in [-0.05, 0) is 13.5 Å². The molecule has 0 radical (unpaired) electrons. The van der Waals surface area contributed by atoms with Crippen molar-refractivity contribution >= 4 is 23.6 Å². The van der Waals surface area contributed by atoms with Gasteiger partial charge < -0.3 is 40.1 Å². The Kier molecular flexibility index (Phi) is 7.38. The molecule has 0 aliphatic carbocycles. The Morgan fingerprint density at radius 2 is 1.85 bits per heavy atom. The van der Waals surface area contributed by atoms with Crippen molar-refractivity contribution in [3.8, 4) is 0 Å². The number of carbonyl (C=O) groups excluding carboxylic acids is 4. The summed E-state index contributed by atoms with van der Waals surface area (Å²) >= 11 is 0. The normalized spacial score (nSPS) is 37.5. The lowest BCUT2D eigenvalue weighted by Crippen LogP contribution is -2.63. The van der Waals surface area contributed by atoms with Gasteiger partial charge in [0.15, 0.2) is 0 Å². The average Bonchev–Trinajstić information content (AvgIpc) is 3.29. The number of hydrogen-bond donors (Lipinski definition) is 4. The molecule has 0 aromatic rings. The van der Waals surface area contributed by atoms with Crippen LogP contribution >= 0.6 is 0 Å². The summed E-state index contributed by atoms with van der Waals surface area (Å²) in [5.41, 5.74) is 0. The standard InChI is InChI=1S/C21H33N5O8/c1-24-8-11-5-12(24)21(32)25-3-4-26(17(28)10-33-2)13(9-25)20(31)22-7-15-19(30)18(29)14(34-15)6-16(27)23-11/h11-15,18-19,29-30H,3-10H2,1-2H3,(H,22,31)(H,23,27)/t11-,12-,13-,14-,15+,18-,19+/m0/s1. The lowest BCUT2D eigenvalue weighted by atomic mass is 10.0. The molecule has 0 aromatic carbocycles. The van der Waals surface area contributed by atoms with Gasteiger partial charge in [0.2, 0.25) is 23.6 Å². The van der Waals surface area contributed by atoms with Crippen LogP contribution in [0.4, 0.5) is 0 Å². The van der Waals surface area contributed by atoms with Gasteiger partial charge in [0, 0.05) is 39.3 Å². The molecule has 6 bridgehead atoms. The van der Waals surface area contributed by atoms with Gasteiger partial charge in [-0.3, -0.25) is 24.1 Å². The Balaban J connectivity index is 1.59. The third-order valence-electron chi connectivity index (χ3n) is 7.11. The van der Waals surface area contributed by atoms with Crippen LogP contribution in [0.15, 0.2) is 0 Å². The fraction of sp³-hybridized carbons (Fsp3) is 0.810. The topological polar surface area (TPSA) is 161 Å². The number of nitrogens with zero attached hydrogens (tertiary/aromatic N) is 3. The molecular formula is C21H33N5O8. The predicted octanol–water partition coefficient (Wildman–Crippen LogP) is -4.13. The summed E-state index contributed by atoms with van der Waals surface area (Å²) in [6, 6.07) is -1.67. The summed E-state index contributed by atoms with van der Waals surface area (Å²) in [5, 5.41) is 26.3. The van der Waals surface area contributed by atoms with Crippen molar-refractivity contribution in [3.05, 3.63) is 0 Å². The largest absolute Gasteiger partial charge is 0.388 e. The van der Waals surface area contributed by atoms with Gasteiger partial charge in [0.1, 0.15) is 31.0 Å². The second-order valence-electron chi connectivity index (χ2n) is 9.42. The third-order valence-corrected chi connectivity index (χ3v) is 7.11. The molecule has 4 amide bonds. The molecule has 13 heteroatoms. The minimum atomic E-state index is -1.29. The number of aliphatic hydroxyl groups is 2. The molecule has 13 nitrogen and oxygen atoms in total. The van der Waals surface area contributed by atoms with Crippen molar-refractivity contribution in [3.63, 3.8) is 0 Å². The molecule has 4 fully saturated rings. The number of nitrogens with one attached hydrogen (secondary N) is 2. The SMILES string of the molecule is COCC(=O)N1CCN2C[C@H]1C(=O)NC[C@H]1O[C@@H](CC(=O)N[C@H]3C[C@@H](C2=O)N(C)C3)[C@H](O)[C@@H]1O. The number of piperazine rings is 1. The zero-order chi connectivity index (χ0) is 24.6. The molecule has 4 saturated heterocycles. The number of aliphatic hydroxyl groups excluding tert-OH is 2. The van der Waals surface area contributed by atoms with Crippen LogP contribution in [0, 0.1) is 0 Å². The number of methoxy groups -OCH3 is 1. The Morgan fingerprint density at radius 3 is 2.59 bits per heavy atom. The van der Waals surface area contributed by atoms with E-state index in [0.717, 1.165) is 0 Å². The van der Waals surface area contributed by atoms with E-state index in [9.17, 15) is 29.4 Å². The van der Waals surface area contributed by atoms with E-state index in [-0.39, 0.29) is 63.0 Å². The Morgan fingerprint density at radius 1 is 1.12 bits per heavy atom. The van der Waals surface area contributed by atoms with E-state index in [1.54, 1.807) is 11.9 Å². The Hall–Kier alpha value is -2.32. The molecule has 4 heterocycles. The lowest BCUT2D eigenvalue weighted by Gasteiger charge is -2.41. The van der Waals surface area contributed by atoms with Crippen LogP contribution in [0.3, 0.4) is 0 Å². The number of fused-ring (bicyclic) bond motifs is 6. The number of amides is 4. The second-order valence-corrected chi connectivity index (χ2v) is 9.42. The highest BCUT2D eigenvalue weighted by molar-refractivity contribution is 5.90. The molecule has 0 aromatic heterocycles. The maximum Gasteiger partial charge on any atom is 0.249 e. The smallest absolute Gasteiger partial charge is 0.249 e. The minimum absolute atomic E-state index is 0.0147. The van der Waals surface area contributed by atoms with Crippen molar-refractivity contribution in [1.82, 2.24) is 25.3 Å². The first-order valence-corrected chi connectivity index (χ1v) is 11.6. The van der Waals surface area contributed by atoms with Crippen LogP contribution in [0.5, 0.6) is 0 Å². The first-order chi connectivity index (χ1) is 16.2. The third kappa shape index (κ3) is 4.89. The number of likely N-dealkylation sites (tertiary alicyclic amines) is 1. The van der Waals surface area contributed by atoms with E-state index in [1.807, 2.05) is 4.90 Å². The summed E-state index contributed by atoms with van der Waals surface area (Å²) in [6.07, 6.45) is -4.17. The quantitative estimate of drug-likeness (QED) is 0.306. The van der Waals surface area contributed by atoms with Crippen molar-refractivity contribution in [2.24, 2.45) is 0 Å². The highest BCUT2D eigenvalue weighted by Crippen LogP contribution is 2.25. The van der Waals surface area contributed by atoms with E-state index >= 15 is 0 Å². The van der Waals surface area contributed by atoms with Crippen molar-refractivity contribution in [1.29, 1.82) is 0 Å². The molecule has 0 unspecified atom stereocenters. The van der Waals surface area contributed by atoms with E-state index < -0.39 is 42.4 Å². The molecule has 190 valence electrons. The number of rotatable bonds is 2. The van der Waals surface area contributed by atoms with Crippen LogP contribution in [-0.2, 0) is 28.7 Å². The average molecular weight is 484 g/mol. The molecule has 4 aliphatic heterocycles. The fourth-order valence-electron chi connectivity index (χ4n) is 5.27. The van der Waals surface area contributed by atoms with Gasteiger partial charge in [0.05, 0.1) is 25.1 Å². The number of likely N-dealkylation sites (N-methyl/N-ethyl adjacent to an activating group) is 1. The summed E-state index contributed by atoms with van der Waals surface area (Å²) < 4.78 is 10.6. The molecule has 7 atom stereocenters. The molecule has 4 N–H and O–H groups in total. The van der Waals surface area contributed by atoms with E-state index in [1.165, 1.54) is 12.0 Å². The van der Waals surface area contributed by atoms with E-state index in [4.69, 9.17) is 9.47 Å².